The fraction of sp³-hybridized carbons (Fsp3) is 0.360. The minimum absolute atomic E-state index is 0.0113. The normalized spacial score (nSPS) is 31.4. The zero-order chi connectivity index (χ0) is 21.1. The first-order valence-electron chi connectivity index (χ1n) is 9.92. The Morgan fingerprint density at radius 3 is 2.55 bits per heavy atom. The van der Waals surface area contributed by atoms with Gasteiger partial charge in [0.1, 0.15) is 11.5 Å². The number of benzene rings is 1. The molecule has 3 aliphatic rings. The van der Waals surface area contributed by atoms with E-state index in [4.69, 9.17) is 4.74 Å². The van der Waals surface area contributed by atoms with Crippen LogP contribution in [0.4, 0.5) is 0 Å². The molecule has 29 heavy (non-hydrogen) atoms. The van der Waals surface area contributed by atoms with E-state index in [0.29, 0.717) is 29.7 Å². The molecule has 0 spiro atoms. The lowest BCUT2D eigenvalue weighted by Crippen LogP contribution is -2.59. The molecule has 2 aliphatic carbocycles. The van der Waals surface area contributed by atoms with Gasteiger partial charge in [-0.3, -0.25) is 9.59 Å². The Kier molecular flexibility index (Phi) is 4.23. The maximum Gasteiger partial charge on any atom is 0.166 e. The Labute approximate surface area is 171 Å². The molecule has 0 radical (unpaired) electrons. The molecule has 0 aromatic heterocycles. The molecular formula is C25H26O4. The lowest BCUT2D eigenvalue weighted by atomic mass is 9.45. The van der Waals surface area contributed by atoms with Crippen LogP contribution in [0.5, 0.6) is 11.5 Å². The average Bonchev–Trinajstić information content (AvgIpc) is 2.71. The van der Waals surface area contributed by atoms with Gasteiger partial charge < -0.3 is 9.84 Å². The summed E-state index contributed by atoms with van der Waals surface area (Å²) >= 11 is 0. The Balaban J connectivity index is 1.89. The van der Waals surface area contributed by atoms with E-state index in [9.17, 15) is 14.7 Å². The molecule has 4 nitrogen and oxygen atoms in total. The third-order valence-corrected chi connectivity index (χ3v) is 7.40. The number of rotatable bonds is 2. The van der Waals surface area contributed by atoms with Crippen LogP contribution in [0.15, 0.2) is 65.5 Å². The van der Waals surface area contributed by atoms with Gasteiger partial charge in [0.15, 0.2) is 11.6 Å². The molecule has 4 rings (SSSR count). The van der Waals surface area contributed by atoms with Crippen LogP contribution >= 0.6 is 0 Å². The second-order valence-corrected chi connectivity index (χ2v) is 8.77. The summed E-state index contributed by atoms with van der Waals surface area (Å²) in [7, 11) is 0. The van der Waals surface area contributed by atoms with E-state index >= 15 is 0 Å². The van der Waals surface area contributed by atoms with Crippen molar-refractivity contribution in [2.75, 3.05) is 0 Å². The third kappa shape index (κ3) is 2.44. The summed E-state index contributed by atoms with van der Waals surface area (Å²) in [6, 6.07) is 5.01. The van der Waals surface area contributed by atoms with E-state index in [1.54, 1.807) is 44.4 Å². The van der Waals surface area contributed by atoms with Crippen LogP contribution in [0.2, 0.25) is 0 Å². The molecule has 4 heteroatoms. The SMILES string of the molecule is C=CC1=CC[C@@]2(C)C(=O)C(C)=C(C)C(=O)[C@@]2(C)[C@H]1C1=COc2ccc(O)cc2C1. The maximum absolute atomic E-state index is 13.7. The lowest BCUT2D eigenvalue weighted by molar-refractivity contribution is -0.148. The smallest absolute Gasteiger partial charge is 0.166 e. The summed E-state index contributed by atoms with van der Waals surface area (Å²) < 4.78 is 5.86. The number of Topliss-reactive ketones (excluding diaryl/α,β-unsaturated/α-hetero) is 2. The van der Waals surface area contributed by atoms with Gasteiger partial charge in [0.05, 0.1) is 11.7 Å². The topological polar surface area (TPSA) is 63.6 Å². The van der Waals surface area contributed by atoms with Crippen LogP contribution in [0.25, 0.3) is 0 Å². The maximum atomic E-state index is 13.7. The molecule has 0 bridgehead atoms. The average molecular weight is 390 g/mol. The van der Waals surface area contributed by atoms with E-state index < -0.39 is 10.8 Å². The van der Waals surface area contributed by atoms with Crippen LogP contribution in [-0.4, -0.2) is 16.7 Å². The van der Waals surface area contributed by atoms with Crippen molar-refractivity contribution in [3.63, 3.8) is 0 Å². The van der Waals surface area contributed by atoms with Gasteiger partial charge in [-0.2, -0.15) is 0 Å². The van der Waals surface area contributed by atoms with E-state index in [1.165, 1.54) is 0 Å². The fourth-order valence-electron chi connectivity index (χ4n) is 5.33. The summed E-state index contributed by atoms with van der Waals surface area (Å²) in [6.07, 6.45) is 6.57. The first-order chi connectivity index (χ1) is 13.6. The second kappa shape index (κ2) is 6.31. The van der Waals surface area contributed by atoms with Gasteiger partial charge in [-0.25, -0.2) is 0 Å². The second-order valence-electron chi connectivity index (χ2n) is 8.77. The zero-order valence-electron chi connectivity index (χ0n) is 17.3. The van der Waals surface area contributed by atoms with Gasteiger partial charge >= 0.3 is 0 Å². The molecule has 1 heterocycles. The standard InChI is InChI=1S/C25H26O4/c1-6-16-9-10-24(4)22(27)14(2)15(3)23(28)25(24,5)21(16)18-11-17-12-19(26)7-8-20(17)29-13-18/h6-9,12-13,21,26H,1,10-11H2,2-5H3/t21-,24+,25-/m1/s1. The molecule has 150 valence electrons. The molecule has 1 aromatic carbocycles. The summed E-state index contributed by atoms with van der Waals surface area (Å²) in [5.41, 5.74) is 2.06. The molecule has 1 aromatic rings. The Morgan fingerprint density at radius 1 is 1.17 bits per heavy atom. The third-order valence-electron chi connectivity index (χ3n) is 7.40. The van der Waals surface area contributed by atoms with Crippen molar-refractivity contribution in [2.45, 2.75) is 40.5 Å². The van der Waals surface area contributed by atoms with Crippen LogP contribution in [0.3, 0.4) is 0 Å². The number of phenols is 1. The number of allylic oxidation sites excluding steroid dienone is 6. The minimum atomic E-state index is -0.935. The molecule has 1 N–H and O–H groups in total. The quantitative estimate of drug-likeness (QED) is 0.784. The number of aromatic hydroxyl groups is 1. The monoisotopic (exact) mass is 390 g/mol. The summed E-state index contributed by atoms with van der Waals surface area (Å²) in [5, 5.41) is 9.90. The number of hydrogen-bond acceptors (Lipinski definition) is 4. The number of fused-ring (bicyclic) bond motifs is 2. The van der Waals surface area contributed by atoms with Gasteiger partial charge in [0.25, 0.3) is 0 Å². The number of hydrogen-bond donors (Lipinski definition) is 1. The predicted octanol–water partition coefficient (Wildman–Crippen LogP) is 4.84. The summed E-state index contributed by atoms with van der Waals surface area (Å²) in [5.74, 6) is 0.589. The fourth-order valence-corrected chi connectivity index (χ4v) is 5.33. The van der Waals surface area contributed by atoms with Crippen LogP contribution in [0.1, 0.15) is 39.7 Å². The van der Waals surface area contributed by atoms with E-state index in [0.717, 1.165) is 16.7 Å². The van der Waals surface area contributed by atoms with Crippen molar-refractivity contribution in [2.24, 2.45) is 16.7 Å². The van der Waals surface area contributed by atoms with E-state index in [-0.39, 0.29) is 23.2 Å². The number of phenolic OH excluding ortho intramolecular Hbond substituents is 1. The molecule has 3 atom stereocenters. The minimum Gasteiger partial charge on any atom is -0.508 e. The number of carbonyl (C=O) groups excluding carboxylic acids is 2. The molecule has 0 fully saturated rings. The highest BCUT2D eigenvalue weighted by Gasteiger charge is 2.63. The zero-order valence-corrected chi connectivity index (χ0v) is 17.3. The van der Waals surface area contributed by atoms with Crippen molar-refractivity contribution in [3.05, 3.63) is 71.0 Å². The van der Waals surface area contributed by atoms with E-state index in [1.807, 2.05) is 19.9 Å². The van der Waals surface area contributed by atoms with Crippen molar-refractivity contribution < 1.29 is 19.4 Å². The highest BCUT2D eigenvalue weighted by molar-refractivity contribution is 6.17. The largest absolute Gasteiger partial charge is 0.508 e. The molecule has 0 saturated carbocycles. The first kappa shape index (κ1) is 19.4. The van der Waals surface area contributed by atoms with Crippen molar-refractivity contribution >= 4 is 11.6 Å². The van der Waals surface area contributed by atoms with Crippen LogP contribution in [-0.2, 0) is 16.0 Å². The van der Waals surface area contributed by atoms with Crippen molar-refractivity contribution in [3.8, 4) is 11.5 Å². The van der Waals surface area contributed by atoms with E-state index in [2.05, 4.69) is 6.58 Å². The lowest BCUT2D eigenvalue weighted by Gasteiger charge is -2.55. The summed E-state index contributed by atoms with van der Waals surface area (Å²) in [6.45, 7) is 11.3. The predicted molar refractivity (Wildman–Crippen MR) is 112 cm³/mol. The molecular weight excluding hydrogens is 364 g/mol. The molecule has 0 saturated heterocycles. The van der Waals surface area contributed by atoms with Gasteiger partial charge in [0.2, 0.25) is 0 Å². The summed E-state index contributed by atoms with van der Waals surface area (Å²) in [4.78, 5) is 27.0. The van der Waals surface area contributed by atoms with Gasteiger partial charge in [-0.05, 0) is 60.8 Å². The van der Waals surface area contributed by atoms with Crippen LogP contribution in [0, 0.1) is 16.7 Å². The highest BCUT2D eigenvalue weighted by Crippen LogP contribution is 2.61. The molecule has 0 unspecified atom stereocenters. The first-order valence-corrected chi connectivity index (χ1v) is 9.92. The van der Waals surface area contributed by atoms with Crippen molar-refractivity contribution in [1.82, 2.24) is 0 Å². The Bertz CT molecular complexity index is 1050. The number of ether oxygens (including phenoxy) is 1. The Morgan fingerprint density at radius 2 is 1.86 bits per heavy atom. The van der Waals surface area contributed by atoms with Crippen molar-refractivity contribution in [1.29, 1.82) is 0 Å². The molecule has 0 amide bonds. The number of ketones is 2. The molecule has 1 aliphatic heterocycles. The van der Waals surface area contributed by atoms with Crippen LogP contribution < -0.4 is 4.74 Å². The van der Waals surface area contributed by atoms with Gasteiger partial charge in [-0.1, -0.05) is 32.6 Å². The van der Waals surface area contributed by atoms with Gasteiger partial charge in [-0.15, -0.1) is 0 Å². The number of carbonyl (C=O) groups is 2. The van der Waals surface area contributed by atoms with Gasteiger partial charge in [0, 0.05) is 23.3 Å². The highest BCUT2D eigenvalue weighted by atomic mass is 16.5. The Hall–Kier alpha value is -2.88.